The van der Waals surface area contributed by atoms with E-state index in [0.29, 0.717) is 5.92 Å². The van der Waals surface area contributed by atoms with Gasteiger partial charge in [-0.15, -0.1) is 0 Å². The Bertz CT molecular complexity index is 198. The Morgan fingerprint density at radius 2 is 2.06 bits per heavy atom. The van der Waals surface area contributed by atoms with Crippen molar-refractivity contribution in [1.82, 2.24) is 5.32 Å². The molecule has 0 aromatic heterocycles. The van der Waals surface area contributed by atoms with Gasteiger partial charge in [-0.25, -0.2) is 0 Å². The summed E-state index contributed by atoms with van der Waals surface area (Å²) in [5.74, 6) is 0.874. The molecule has 0 bridgehead atoms. The van der Waals surface area contributed by atoms with Crippen LogP contribution in [0, 0.1) is 5.92 Å². The molecule has 0 aliphatic heterocycles. The first-order chi connectivity index (χ1) is 7.68. The molecule has 3 N–H and O–H groups in total. The van der Waals surface area contributed by atoms with E-state index in [1.54, 1.807) is 0 Å². The average molecular weight is 226 g/mol. The van der Waals surface area contributed by atoms with Crippen LogP contribution in [0.1, 0.15) is 58.3 Å². The molecule has 1 aliphatic rings. The molecule has 16 heavy (non-hydrogen) atoms. The second-order valence-corrected chi connectivity index (χ2v) is 5.18. The van der Waals surface area contributed by atoms with Crippen LogP contribution in [0.5, 0.6) is 0 Å². The predicted octanol–water partition coefficient (Wildman–Crippen LogP) is 2.20. The molecule has 1 rings (SSSR count). The van der Waals surface area contributed by atoms with Gasteiger partial charge in [-0.05, 0) is 38.5 Å². The van der Waals surface area contributed by atoms with Crippen molar-refractivity contribution in [3.05, 3.63) is 0 Å². The Hall–Kier alpha value is -0.570. The van der Waals surface area contributed by atoms with Gasteiger partial charge in [0.25, 0.3) is 0 Å². The molecule has 1 aliphatic carbocycles. The zero-order chi connectivity index (χ0) is 11.8. The molecule has 1 fully saturated rings. The normalized spacial score (nSPS) is 19.4. The van der Waals surface area contributed by atoms with Crippen LogP contribution < -0.4 is 11.1 Å². The number of carbonyl (C=O) groups excluding carboxylic acids is 1. The Morgan fingerprint density at radius 1 is 1.38 bits per heavy atom. The van der Waals surface area contributed by atoms with Crippen molar-refractivity contribution in [2.75, 3.05) is 6.54 Å². The van der Waals surface area contributed by atoms with Gasteiger partial charge in [-0.3, -0.25) is 4.79 Å². The van der Waals surface area contributed by atoms with Gasteiger partial charge in [0.05, 0.1) is 0 Å². The third-order valence-electron chi connectivity index (χ3n) is 3.36. The molecule has 3 heteroatoms. The highest BCUT2D eigenvalue weighted by Crippen LogP contribution is 2.25. The number of nitrogens with two attached hydrogens (primary N) is 1. The smallest absolute Gasteiger partial charge is 0.220 e. The first-order valence-electron chi connectivity index (χ1n) is 6.70. The molecular weight excluding hydrogens is 200 g/mol. The number of hydrogen-bond acceptors (Lipinski definition) is 2. The summed E-state index contributed by atoms with van der Waals surface area (Å²) in [6.07, 6.45) is 9.17. The fourth-order valence-electron chi connectivity index (χ4n) is 2.38. The maximum absolute atomic E-state index is 11.6. The summed E-state index contributed by atoms with van der Waals surface area (Å²) in [6, 6.07) is 0.246. The predicted molar refractivity (Wildman–Crippen MR) is 67.1 cm³/mol. The van der Waals surface area contributed by atoms with Crippen LogP contribution in [0.4, 0.5) is 0 Å². The van der Waals surface area contributed by atoms with Crippen LogP contribution in [0.3, 0.4) is 0 Å². The Morgan fingerprint density at radius 3 is 2.69 bits per heavy atom. The van der Waals surface area contributed by atoms with Gasteiger partial charge in [0, 0.05) is 19.0 Å². The zero-order valence-electron chi connectivity index (χ0n) is 10.5. The minimum atomic E-state index is 0.233. The highest BCUT2D eigenvalue weighted by Gasteiger charge is 2.16. The van der Waals surface area contributed by atoms with Crippen LogP contribution in [0.2, 0.25) is 0 Å². The summed E-state index contributed by atoms with van der Waals surface area (Å²) in [5.41, 5.74) is 5.65. The van der Waals surface area contributed by atoms with Gasteiger partial charge >= 0.3 is 0 Å². The molecule has 0 aromatic rings. The minimum Gasteiger partial charge on any atom is -0.356 e. The Balaban J connectivity index is 2.01. The van der Waals surface area contributed by atoms with Gasteiger partial charge in [0.15, 0.2) is 0 Å². The second kappa shape index (κ2) is 7.66. The van der Waals surface area contributed by atoms with Gasteiger partial charge in [0.2, 0.25) is 5.91 Å². The number of nitrogens with one attached hydrogen (secondary N) is 1. The molecule has 0 saturated heterocycles. The molecule has 1 amide bonds. The van der Waals surface area contributed by atoms with Crippen molar-refractivity contribution in [2.45, 2.75) is 64.3 Å². The van der Waals surface area contributed by atoms with E-state index in [4.69, 9.17) is 5.73 Å². The van der Waals surface area contributed by atoms with Gasteiger partial charge < -0.3 is 11.1 Å². The van der Waals surface area contributed by atoms with E-state index >= 15 is 0 Å². The molecule has 1 atom stereocenters. The van der Waals surface area contributed by atoms with Crippen molar-refractivity contribution >= 4 is 5.91 Å². The summed E-state index contributed by atoms with van der Waals surface area (Å²) in [4.78, 5) is 11.6. The first kappa shape index (κ1) is 13.5. The summed E-state index contributed by atoms with van der Waals surface area (Å²) in [5, 5.41) is 2.99. The maximum Gasteiger partial charge on any atom is 0.220 e. The quantitative estimate of drug-likeness (QED) is 0.682. The molecular formula is C13H26N2O. The fraction of sp³-hybridized carbons (Fsp3) is 0.923. The van der Waals surface area contributed by atoms with Crippen LogP contribution in [-0.4, -0.2) is 18.5 Å². The lowest BCUT2D eigenvalue weighted by Gasteiger charge is -2.20. The Labute approximate surface area is 99.2 Å². The van der Waals surface area contributed by atoms with E-state index in [2.05, 4.69) is 5.32 Å². The largest absolute Gasteiger partial charge is 0.356 e. The monoisotopic (exact) mass is 226 g/mol. The van der Waals surface area contributed by atoms with E-state index in [1.165, 1.54) is 32.1 Å². The Kier molecular flexibility index (Phi) is 6.46. The van der Waals surface area contributed by atoms with Crippen molar-refractivity contribution in [3.8, 4) is 0 Å². The van der Waals surface area contributed by atoms with Crippen LogP contribution >= 0.6 is 0 Å². The summed E-state index contributed by atoms with van der Waals surface area (Å²) in [6.45, 7) is 2.79. The third kappa shape index (κ3) is 6.11. The number of carbonyl (C=O) groups is 1. The molecule has 1 unspecified atom stereocenters. The lowest BCUT2D eigenvalue weighted by atomic mass is 9.87. The lowest BCUT2D eigenvalue weighted by Crippen LogP contribution is -2.28. The highest BCUT2D eigenvalue weighted by molar-refractivity contribution is 5.76. The minimum absolute atomic E-state index is 0.233. The zero-order valence-corrected chi connectivity index (χ0v) is 10.5. The number of rotatable bonds is 6. The number of amides is 1. The lowest BCUT2D eigenvalue weighted by molar-refractivity contribution is -0.122. The van der Waals surface area contributed by atoms with Crippen LogP contribution in [0.15, 0.2) is 0 Å². The molecule has 0 radical (unpaired) electrons. The standard InChI is InChI=1S/C13H26N2O/c1-11(14)6-5-9-15-13(16)10-12-7-3-2-4-8-12/h11-12H,2-10,14H2,1H3,(H,15,16). The van der Waals surface area contributed by atoms with Crippen LogP contribution in [0.25, 0.3) is 0 Å². The molecule has 0 heterocycles. The molecule has 1 saturated carbocycles. The maximum atomic E-state index is 11.6. The molecule has 3 nitrogen and oxygen atoms in total. The van der Waals surface area contributed by atoms with E-state index in [-0.39, 0.29) is 11.9 Å². The van der Waals surface area contributed by atoms with E-state index in [9.17, 15) is 4.79 Å². The molecule has 0 spiro atoms. The summed E-state index contributed by atoms with van der Waals surface area (Å²) < 4.78 is 0. The van der Waals surface area contributed by atoms with Crippen molar-refractivity contribution in [2.24, 2.45) is 11.7 Å². The van der Waals surface area contributed by atoms with Crippen molar-refractivity contribution in [3.63, 3.8) is 0 Å². The van der Waals surface area contributed by atoms with E-state index in [0.717, 1.165) is 25.8 Å². The van der Waals surface area contributed by atoms with E-state index in [1.807, 2.05) is 6.92 Å². The topological polar surface area (TPSA) is 55.1 Å². The van der Waals surface area contributed by atoms with E-state index < -0.39 is 0 Å². The summed E-state index contributed by atoms with van der Waals surface area (Å²) in [7, 11) is 0. The van der Waals surface area contributed by atoms with Crippen LogP contribution in [-0.2, 0) is 4.79 Å². The van der Waals surface area contributed by atoms with Crippen molar-refractivity contribution in [1.29, 1.82) is 0 Å². The fourth-order valence-corrected chi connectivity index (χ4v) is 2.38. The van der Waals surface area contributed by atoms with Gasteiger partial charge in [-0.1, -0.05) is 19.3 Å². The number of hydrogen-bond donors (Lipinski definition) is 2. The van der Waals surface area contributed by atoms with Gasteiger partial charge in [-0.2, -0.15) is 0 Å². The van der Waals surface area contributed by atoms with Gasteiger partial charge in [0.1, 0.15) is 0 Å². The molecule has 94 valence electrons. The highest BCUT2D eigenvalue weighted by atomic mass is 16.1. The third-order valence-corrected chi connectivity index (χ3v) is 3.36. The first-order valence-corrected chi connectivity index (χ1v) is 6.70. The summed E-state index contributed by atoms with van der Waals surface area (Å²) >= 11 is 0. The SMILES string of the molecule is CC(N)CCCNC(=O)CC1CCCCC1. The van der Waals surface area contributed by atoms with Crippen molar-refractivity contribution < 1.29 is 4.79 Å². The molecule has 0 aromatic carbocycles. The average Bonchev–Trinajstić information content (AvgIpc) is 2.25. The second-order valence-electron chi connectivity index (χ2n) is 5.18.